The first-order valence-corrected chi connectivity index (χ1v) is 9.06. The zero-order valence-electron chi connectivity index (χ0n) is 14.0. The minimum absolute atomic E-state index is 0. The van der Waals surface area contributed by atoms with Gasteiger partial charge in [0.1, 0.15) is 5.69 Å². The average molecular weight is 370 g/mol. The molecule has 1 saturated heterocycles. The van der Waals surface area contributed by atoms with Gasteiger partial charge in [-0.3, -0.25) is 9.48 Å². The number of halogens is 1. The highest BCUT2D eigenvalue weighted by atomic mass is 35.5. The van der Waals surface area contributed by atoms with Gasteiger partial charge in [0.15, 0.2) is 0 Å². The van der Waals surface area contributed by atoms with Gasteiger partial charge in [0, 0.05) is 18.1 Å². The Bertz CT molecular complexity index is 665. The van der Waals surface area contributed by atoms with E-state index in [-0.39, 0.29) is 24.4 Å². The fourth-order valence-electron chi connectivity index (χ4n) is 2.75. The second-order valence-corrected chi connectivity index (χ2v) is 6.84. The van der Waals surface area contributed by atoms with Gasteiger partial charge < -0.3 is 10.6 Å². The summed E-state index contributed by atoms with van der Waals surface area (Å²) in [5.41, 5.74) is 1.38. The molecule has 0 aliphatic carbocycles. The lowest BCUT2D eigenvalue weighted by Gasteiger charge is -2.22. The minimum Gasteiger partial charge on any atom is -0.343 e. The third-order valence-corrected chi connectivity index (χ3v) is 5.16. The molecule has 6 nitrogen and oxygen atoms in total. The second-order valence-electron chi connectivity index (χ2n) is 5.90. The molecule has 0 spiro atoms. The summed E-state index contributed by atoms with van der Waals surface area (Å²) >= 11 is 1.63. The smallest absolute Gasteiger partial charge is 0.272 e. The van der Waals surface area contributed by atoms with Crippen LogP contribution in [0.5, 0.6) is 0 Å². The Morgan fingerprint density at radius 3 is 3.08 bits per heavy atom. The molecular weight excluding hydrogens is 346 g/mol. The van der Waals surface area contributed by atoms with E-state index < -0.39 is 0 Å². The normalized spacial score (nSPS) is 18.7. The molecular formula is C16H24ClN5OS. The summed E-state index contributed by atoms with van der Waals surface area (Å²) in [4.78, 5) is 16.9. The third-order valence-electron chi connectivity index (χ3n) is 4.15. The Morgan fingerprint density at radius 2 is 2.42 bits per heavy atom. The van der Waals surface area contributed by atoms with Crippen LogP contribution in [0.25, 0.3) is 0 Å². The minimum atomic E-state index is -0.147. The van der Waals surface area contributed by atoms with Crippen LogP contribution in [0.4, 0.5) is 0 Å². The summed E-state index contributed by atoms with van der Waals surface area (Å²) in [7, 11) is 0. The van der Waals surface area contributed by atoms with Gasteiger partial charge in [-0.1, -0.05) is 6.92 Å². The summed E-state index contributed by atoms with van der Waals surface area (Å²) in [6.07, 6.45) is 5.07. The molecule has 1 fully saturated rings. The van der Waals surface area contributed by atoms with Crippen LogP contribution >= 0.6 is 23.7 Å². The van der Waals surface area contributed by atoms with Crippen molar-refractivity contribution < 1.29 is 4.79 Å². The fourth-order valence-corrected chi connectivity index (χ4v) is 3.59. The first-order valence-electron chi connectivity index (χ1n) is 8.18. The Morgan fingerprint density at radius 1 is 1.58 bits per heavy atom. The highest BCUT2D eigenvalue weighted by Crippen LogP contribution is 2.18. The quantitative estimate of drug-likeness (QED) is 0.850. The number of amides is 1. The number of rotatable bonds is 5. The molecule has 0 aromatic carbocycles. The van der Waals surface area contributed by atoms with Crippen LogP contribution in [0, 0.1) is 0 Å². The molecule has 8 heteroatoms. The van der Waals surface area contributed by atoms with Crippen molar-refractivity contribution in [1.82, 2.24) is 25.4 Å². The van der Waals surface area contributed by atoms with Crippen molar-refractivity contribution >= 4 is 29.7 Å². The van der Waals surface area contributed by atoms with Gasteiger partial charge in [0.25, 0.3) is 5.91 Å². The molecule has 2 aromatic rings. The van der Waals surface area contributed by atoms with Crippen molar-refractivity contribution in [2.75, 3.05) is 13.1 Å². The number of nitrogens with one attached hydrogen (secondary N) is 2. The van der Waals surface area contributed by atoms with Crippen LogP contribution in [0.2, 0.25) is 0 Å². The van der Waals surface area contributed by atoms with Crippen molar-refractivity contribution in [3.63, 3.8) is 0 Å². The number of carbonyl (C=O) groups is 1. The van der Waals surface area contributed by atoms with E-state index >= 15 is 0 Å². The van der Waals surface area contributed by atoms with E-state index in [1.54, 1.807) is 17.4 Å². The highest BCUT2D eigenvalue weighted by molar-refractivity contribution is 7.09. The molecule has 24 heavy (non-hydrogen) atoms. The van der Waals surface area contributed by atoms with Gasteiger partial charge in [-0.15, -0.1) is 23.7 Å². The van der Waals surface area contributed by atoms with E-state index in [9.17, 15) is 4.79 Å². The Kier molecular flexibility index (Phi) is 6.77. The lowest BCUT2D eigenvalue weighted by Crippen LogP contribution is -2.32. The molecule has 2 unspecified atom stereocenters. The van der Waals surface area contributed by atoms with E-state index in [1.165, 1.54) is 0 Å². The molecule has 132 valence electrons. The summed E-state index contributed by atoms with van der Waals surface area (Å²) in [5.74, 6) is -0.147. The molecule has 0 bridgehead atoms. The van der Waals surface area contributed by atoms with Crippen LogP contribution in [0.15, 0.2) is 17.6 Å². The lowest BCUT2D eigenvalue weighted by molar-refractivity contribution is 0.0932. The Balaban J connectivity index is 0.00000208. The summed E-state index contributed by atoms with van der Waals surface area (Å²) in [5, 5.41) is 13.9. The van der Waals surface area contributed by atoms with Crippen molar-refractivity contribution in [3.8, 4) is 0 Å². The maximum Gasteiger partial charge on any atom is 0.272 e. The van der Waals surface area contributed by atoms with Gasteiger partial charge in [-0.25, -0.2) is 4.98 Å². The van der Waals surface area contributed by atoms with Crippen LogP contribution < -0.4 is 10.6 Å². The average Bonchev–Trinajstić information content (AvgIpc) is 3.25. The van der Waals surface area contributed by atoms with Crippen LogP contribution in [-0.2, 0) is 6.42 Å². The van der Waals surface area contributed by atoms with Gasteiger partial charge in [0.2, 0.25) is 0 Å². The fraction of sp³-hybridized carbons (Fsp3) is 0.562. The molecule has 1 amide bonds. The predicted molar refractivity (Wildman–Crippen MR) is 98.0 cm³/mol. The molecule has 3 heterocycles. The summed E-state index contributed by atoms with van der Waals surface area (Å²) in [6, 6.07) is 2.02. The molecule has 0 radical (unpaired) electrons. The maximum absolute atomic E-state index is 12.4. The largest absolute Gasteiger partial charge is 0.343 e. The number of piperidine rings is 1. The lowest BCUT2D eigenvalue weighted by atomic mass is 10.1. The predicted octanol–water partition coefficient (Wildman–Crippen LogP) is 2.74. The van der Waals surface area contributed by atoms with E-state index in [2.05, 4.69) is 27.6 Å². The van der Waals surface area contributed by atoms with Crippen molar-refractivity contribution in [2.24, 2.45) is 0 Å². The zero-order valence-corrected chi connectivity index (χ0v) is 15.6. The van der Waals surface area contributed by atoms with E-state index in [1.807, 2.05) is 23.2 Å². The van der Waals surface area contributed by atoms with Crippen LogP contribution in [0.1, 0.15) is 60.0 Å². The zero-order chi connectivity index (χ0) is 16.2. The van der Waals surface area contributed by atoms with Crippen molar-refractivity contribution in [3.05, 3.63) is 34.0 Å². The maximum atomic E-state index is 12.4. The van der Waals surface area contributed by atoms with Gasteiger partial charge in [-0.05, 0) is 38.8 Å². The standard InChI is InChI=1S/C16H23N5OS.ClH/c1-3-15-19-14(10-23-15)11(2)18-16(22)13-6-8-21(20-13)12-5-4-7-17-9-12;/h6,8,10-12,17H,3-5,7,9H2,1-2H3,(H,18,22);1H. The van der Waals surface area contributed by atoms with Gasteiger partial charge in [0.05, 0.1) is 22.8 Å². The van der Waals surface area contributed by atoms with Gasteiger partial charge >= 0.3 is 0 Å². The van der Waals surface area contributed by atoms with Crippen LogP contribution in [0.3, 0.4) is 0 Å². The number of hydrogen-bond donors (Lipinski definition) is 2. The number of aromatic nitrogens is 3. The SMILES string of the molecule is CCc1nc(C(C)NC(=O)c2ccn(C3CCCNC3)n2)cs1.Cl. The molecule has 0 saturated carbocycles. The highest BCUT2D eigenvalue weighted by Gasteiger charge is 2.19. The Labute approximate surface area is 152 Å². The topological polar surface area (TPSA) is 71.8 Å². The first-order chi connectivity index (χ1) is 11.2. The number of hydrogen-bond acceptors (Lipinski definition) is 5. The van der Waals surface area contributed by atoms with Crippen molar-refractivity contribution in [1.29, 1.82) is 0 Å². The van der Waals surface area contributed by atoms with E-state index in [4.69, 9.17) is 0 Å². The number of carbonyl (C=O) groups excluding carboxylic acids is 1. The number of thiazole rings is 1. The number of nitrogens with zero attached hydrogens (tertiary/aromatic N) is 3. The molecule has 3 rings (SSSR count). The molecule has 2 N–H and O–H groups in total. The monoisotopic (exact) mass is 369 g/mol. The third kappa shape index (κ3) is 4.34. The van der Waals surface area contributed by atoms with E-state index in [0.29, 0.717) is 11.7 Å². The number of aryl methyl sites for hydroxylation is 1. The van der Waals surface area contributed by atoms with Crippen molar-refractivity contribution in [2.45, 2.75) is 45.2 Å². The molecule has 1 aliphatic rings. The Hall–Kier alpha value is -1.44. The van der Waals surface area contributed by atoms with Crippen LogP contribution in [-0.4, -0.2) is 33.8 Å². The molecule has 2 atom stereocenters. The molecule has 1 aliphatic heterocycles. The van der Waals surface area contributed by atoms with Gasteiger partial charge in [-0.2, -0.15) is 5.10 Å². The summed E-state index contributed by atoms with van der Waals surface area (Å²) < 4.78 is 1.91. The van der Waals surface area contributed by atoms with E-state index in [0.717, 1.165) is 43.1 Å². The molecule has 2 aromatic heterocycles. The second kappa shape index (κ2) is 8.60. The first kappa shape index (κ1) is 18.9. The summed E-state index contributed by atoms with van der Waals surface area (Å²) in [6.45, 7) is 6.01.